The maximum Gasteiger partial charge on any atom is 0.322 e. The molecule has 7 nitrogen and oxygen atoms in total. The van der Waals surface area contributed by atoms with Crippen LogP contribution in [0, 0.1) is 13.8 Å². The van der Waals surface area contributed by atoms with Crippen LogP contribution in [-0.4, -0.2) is 60.2 Å². The lowest BCUT2D eigenvalue weighted by Gasteiger charge is -2.36. The number of nitrogens with one attached hydrogen (secondary N) is 1. The van der Waals surface area contributed by atoms with E-state index < -0.39 is 0 Å². The highest BCUT2D eigenvalue weighted by molar-refractivity contribution is 6.33. The van der Waals surface area contributed by atoms with Crippen molar-refractivity contribution in [3.05, 3.63) is 40.7 Å². The second kappa shape index (κ2) is 9.08. The van der Waals surface area contributed by atoms with Gasteiger partial charge in [0, 0.05) is 45.3 Å². The normalized spacial score (nSPS) is 17.2. The van der Waals surface area contributed by atoms with Gasteiger partial charge in [-0.15, -0.1) is 0 Å². The van der Waals surface area contributed by atoms with E-state index in [2.05, 4.69) is 31.2 Å². The minimum absolute atomic E-state index is 0.117. The highest BCUT2D eigenvalue weighted by Crippen LogP contribution is 2.25. The summed E-state index contributed by atoms with van der Waals surface area (Å²) in [5.74, 6) is 2.76. The molecule has 2 amide bonds. The molecule has 0 unspecified atom stereocenters. The largest absolute Gasteiger partial charge is 0.356 e. The molecule has 2 aliphatic rings. The molecule has 0 bridgehead atoms. The number of anilines is 3. The lowest BCUT2D eigenvalue weighted by Crippen LogP contribution is -2.50. The molecule has 2 aromatic rings. The summed E-state index contributed by atoms with van der Waals surface area (Å²) < 4.78 is 0. The fourth-order valence-electron chi connectivity index (χ4n) is 4.04. The Morgan fingerprint density at radius 2 is 1.53 bits per heavy atom. The van der Waals surface area contributed by atoms with Gasteiger partial charge >= 0.3 is 6.03 Å². The molecule has 1 aromatic carbocycles. The summed E-state index contributed by atoms with van der Waals surface area (Å²) >= 11 is 6.25. The van der Waals surface area contributed by atoms with Crippen molar-refractivity contribution in [2.24, 2.45) is 0 Å². The Morgan fingerprint density at radius 3 is 2.17 bits per heavy atom. The van der Waals surface area contributed by atoms with Gasteiger partial charge in [0.25, 0.3) is 0 Å². The summed E-state index contributed by atoms with van der Waals surface area (Å²) in [6.45, 7) is 8.80. The molecular weight excluding hydrogens is 400 g/mol. The van der Waals surface area contributed by atoms with Gasteiger partial charge in [0.05, 0.1) is 10.7 Å². The molecule has 2 fully saturated rings. The van der Waals surface area contributed by atoms with E-state index in [1.54, 1.807) is 0 Å². The Balaban J connectivity index is 1.38. The lowest BCUT2D eigenvalue weighted by atomic mass is 10.1. The Bertz CT molecular complexity index is 906. The zero-order valence-corrected chi connectivity index (χ0v) is 18.5. The van der Waals surface area contributed by atoms with Crippen LogP contribution in [0.15, 0.2) is 24.3 Å². The first-order valence-corrected chi connectivity index (χ1v) is 11.0. The Kier molecular flexibility index (Phi) is 6.27. The maximum absolute atomic E-state index is 12.7. The Labute approximate surface area is 183 Å². The fourth-order valence-corrected chi connectivity index (χ4v) is 4.32. The quantitative estimate of drug-likeness (QED) is 0.797. The van der Waals surface area contributed by atoms with Crippen LogP contribution in [0.4, 0.5) is 22.1 Å². The lowest BCUT2D eigenvalue weighted by molar-refractivity contribution is 0.208. The number of carbonyl (C=O) groups excluding carboxylic acids is 1. The predicted molar refractivity (Wildman–Crippen MR) is 122 cm³/mol. The number of piperidine rings is 1. The summed E-state index contributed by atoms with van der Waals surface area (Å²) in [4.78, 5) is 28.4. The number of benzene rings is 1. The van der Waals surface area contributed by atoms with E-state index in [9.17, 15) is 4.79 Å². The fraction of sp³-hybridized carbons (Fsp3) is 0.500. The van der Waals surface area contributed by atoms with E-state index >= 15 is 0 Å². The van der Waals surface area contributed by atoms with Gasteiger partial charge in [0.1, 0.15) is 17.5 Å². The van der Waals surface area contributed by atoms with Gasteiger partial charge in [-0.3, -0.25) is 0 Å². The molecule has 30 heavy (non-hydrogen) atoms. The van der Waals surface area contributed by atoms with E-state index in [-0.39, 0.29) is 6.03 Å². The standard InChI is InChI=1S/C22H29ClN6O/c1-16-6-7-19(18(23)14-16)26-22(30)29-12-10-28(11-13-29)21-15-20(24-17(2)25-21)27-8-4-3-5-9-27/h6-7,14-15H,3-5,8-13H2,1-2H3,(H,26,30). The van der Waals surface area contributed by atoms with Crippen LogP contribution in [0.25, 0.3) is 0 Å². The molecular formula is C22H29ClN6O. The Morgan fingerprint density at radius 1 is 0.900 bits per heavy atom. The molecule has 0 spiro atoms. The number of halogens is 1. The van der Waals surface area contributed by atoms with Gasteiger partial charge < -0.3 is 20.0 Å². The molecule has 0 atom stereocenters. The highest BCUT2D eigenvalue weighted by Gasteiger charge is 2.24. The van der Waals surface area contributed by atoms with E-state index in [0.717, 1.165) is 49.2 Å². The van der Waals surface area contributed by atoms with Crippen molar-refractivity contribution in [2.45, 2.75) is 33.1 Å². The number of hydrogen-bond acceptors (Lipinski definition) is 5. The zero-order chi connectivity index (χ0) is 21.1. The van der Waals surface area contributed by atoms with Crippen molar-refractivity contribution in [1.29, 1.82) is 0 Å². The summed E-state index contributed by atoms with van der Waals surface area (Å²) in [7, 11) is 0. The molecule has 1 N–H and O–H groups in total. The number of urea groups is 1. The van der Waals surface area contributed by atoms with Crippen LogP contribution >= 0.6 is 11.6 Å². The van der Waals surface area contributed by atoms with E-state index in [4.69, 9.17) is 11.6 Å². The number of piperazine rings is 1. The number of rotatable bonds is 3. The van der Waals surface area contributed by atoms with Gasteiger partial charge in [0.15, 0.2) is 0 Å². The van der Waals surface area contributed by atoms with Gasteiger partial charge in [-0.1, -0.05) is 17.7 Å². The molecule has 0 radical (unpaired) electrons. The van der Waals surface area contributed by atoms with Crippen molar-refractivity contribution < 1.29 is 4.79 Å². The van der Waals surface area contributed by atoms with Crippen LogP contribution < -0.4 is 15.1 Å². The van der Waals surface area contributed by atoms with Crippen molar-refractivity contribution in [1.82, 2.24) is 14.9 Å². The number of aromatic nitrogens is 2. The molecule has 0 saturated carbocycles. The molecule has 160 valence electrons. The second-order valence-corrected chi connectivity index (χ2v) is 8.47. The number of carbonyl (C=O) groups is 1. The summed E-state index contributed by atoms with van der Waals surface area (Å²) in [6.07, 6.45) is 3.74. The summed E-state index contributed by atoms with van der Waals surface area (Å²) in [5.41, 5.74) is 1.71. The predicted octanol–water partition coefficient (Wildman–Crippen LogP) is 4.09. The first-order valence-electron chi connectivity index (χ1n) is 10.7. The van der Waals surface area contributed by atoms with Crippen LogP contribution in [-0.2, 0) is 0 Å². The van der Waals surface area contributed by atoms with Crippen molar-refractivity contribution in [2.75, 3.05) is 54.4 Å². The van der Waals surface area contributed by atoms with Crippen molar-refractivity contribution >= 4 is 35.0 Å². The number of aryl methyl sites for hydroxylation is 2. The van der Waals surface area contributed by atoms with Crippen LogP contribution in [0.5, 0.6) is 0 Å². The van der Waals surface area contributed by atoms with Crippen LogP contribution in [0.1, 0.15) is 30.7 Å². The van der Waals surface area contributed by atoms with Crippen LogP contribution in [0.2, 0.25) is 5.02 Å². The van der Waals surface area contributed by atoms with Crippen molar-refractivity contribution in [3.8, 4) is 0 Å². The Hall–Kier alpha value is -2.54. The summed E-state index contributed by atoms with van der Waals surface area (Å²) in [5, 5.41) is 3.49. The number of amides is 2. The maximum atomic E-state index is 12.7. The minimum atomic E-state index is -0.117. The average Bonchev–Trinajstić information content (AvgIpc) is 2.76. The molecule has 1 aromatic heterocycles. The molecule has 2 aliphatic heterocycles. The number of nitrogens with zero attached hydrogens (tertiary/aromatic N) is 5. The first kappa shape index (κ1) is 20.7. The third kappa shape index (κ3) is 4.78. The van der Waals surface area contributed by atoms with Crippen molar-refractivity contribution in [3.63, 3.8) is 0 Å². The molecule has 2 saturated heterocycles. The molecule has 4 rings (SSSR count). The molecule has 3 heterocycles. The first-order chi connectivity index (χ1) is 14.5. The zero-order valence-electron chi connectivity index (χ0n) is 17.7. The average molecular weight is 429 g/mol. The third-order valence-corrected chi connectivity index (χ3v) is 6.06. The van der Waals surface area contributed by atoms with Gasteiger partial charge in [-0.25, -0.2) is 14.8 Å². The smallest absolute Gasteiger partial charge is 0.322 e. The molecule has 0 aliphatic carbocycles. The van der Waals surface area contributed by atoms with Gasteiger partial charge in [0.2, 0.25) is 0 Å². The SMILES string of the molecule is Cc1ccc(NC(=O)N2CCN(c3cc(N4CCCCC4)nc(C)n3)CC2)c(Cl)c1. The van der Waals surface area contributed by atoms with Gasteiger partial charge in [-0.05, 0) is 50.8 Å². The van der Waals surface area contributed by atoms with E-state index in [0.29, 0.717) is 23.8 Å². The topological polar surface area (TPSA) is 64.6 Å². The minimum Gasteiger partial charge on any atom is -0.356 e. The second-order valence-electron chi connectivity index (χ2n) is 8.07. The molecule has 8 heteroatoms. The van der Waals surface area contributed by atoms with E-state index in [1.165, 1.54) is 19.3 Å². The van der Waals surface area contributed by atoms with E-state index in [1.807, 2.05) is 36.9 Å². The van der Waals surface area contributed by atoms with Gasteiger partial charge in [-0.2, -0.15) is 0 Å². The third-order valence-electron chi connectivity index (χ3n) is 5.75. The number of hydrogen-bond donors (Lipinski definition) is 1. The summed E-state index contributed by atoms with van der Waals surface area (Å²) in [6, 6.07) is 7.62. The highest BCUT2D eigenvalue weighted by atomic mass is 35.5. The van der Waals surface area contributed by atoms with Crippen LogP contribution in [0.3, 0.4) is 0 Å². The monoisotopic (exact) mass is 428 g/mol.